The van der Waals surface area contributed by atoms with Gasteiger partial charge in [0.1, 0.15) is 0 Å². The molecule has 0 amide bonds. The van der Waals surface area contributed by atoms with Gasteiger partial charge in [-0.05, 0) is 6.92 Å². The summed E-state index contributed by atoms with van der Waals surface area (Å²) in [6.07, 6.45) is 5.40. The Hall–Kier alpha value is -0.480. The van der Waals surface area contributed by atoms with Crippen LogP contribution in [0.1, 0.15) is 6.92 Å². The average Bonchev–Trinajstić information content (AvgIpc) is 1.65. The second-order valence-corrected chi connectivity index (χ2v) is 1.81. The molecule has 1 saturated heterocycles. The summed E-state index contributed by atoms with van der Waals surface area (Å²) in [6.45, 7) is 2.76. The van der Waals surface area contributed by atoms with Crippen LogP contribution in [0.4, 0.5) is 0 Å². The molecule has 0 aliphatic carbocycles. The number of ether oxygens (including phenoxy) is 1. The van der Waals surface area contributed by atoms with Gasteiger partial charge in [-0.25, -0.2) is 0 Å². The van der Waals surface area contributed by atoms with Crippen molar-refractivity contribution in [3.05, 3.63) is 0 Å². The summed E-state index contributed by atoms with van der Waals surface area (Å²) in [5, 5.41) is 0. The molecule has 0 radical (unpaired) electrons. The second-order valence-electron chi connectivity index (χ2n) is 1.81. The highest BCUT2D eigenvalue weighted by molar-refractivity contribution is 5.00. The van der Waals surface area contributed by atoms with Crippen molar-refractivity contribution in [1.29, 1.82) is 0 Å². The molecule has 1 aliphatic heterocycles. The number of rotatable bonds is 0. The number of hydrogen-bond donors (Lipinski definition) is 0. The Labute approximate surface area is 43.7 Å². The number of hydrogen-bond acceptors (Lipinski definition) is 1. The summed E-state index contributed by atoms with van der Waals surface area (Å²) < 4.78 is 4.99. The fraction of sp³-hybridized carbons (Fsp3) is 0.667. The van der Waals surface area contributed by atoms with E-state index in [1.54, 1.807) is 0 Å². The first-order chi connectivity index (χ1) is 3.34. The Bertz CT molecular complexity index is 101. The van der Waals surface area contributed by atoms with Gasteiger partial charge in [0.05, 0.1) is 18.6 Å². The van der Waals surface area contributed by atoms with Crippen LogP contribution in [-0.4, -0.2) is 12.7 Å². The van der Waals surface area contributed by atoms with Gasteiger partial charge in [-0.3, -0.25) is 0 Å². The molecule has 1 heteroatoms. The van der Waals surface area contributed by atoms with E-state index in [1.807, 2.05) is 6.92 Å². The third-order valence-corrected chi connectivity index (χ3v) is 1.32. The summed E-state index contributed by atoms with van der Waals surface area (Å²) in [7, 11) is 0. The van der Waals surface area contributed by atoms with Gasteiger partial charge in [0.15, 0.2) is 0 Å². The van der Waals surface area contributed by atoms with Crippen molar-refractivity contribution < 1.29 is 4.74 Å². The van der Waals surface area contributed by atoms with Crippen LogP contribution in [0.5, 0.6) is 0 Å². The third-order valence-electron chi connectivity index (χ3n) is 1.32. The van der Waals surface area contributed by atoms with Crippen molar-refractivity contribution in [3.8, 4) is 12.3 Å². The van der Waals surface area contributed by atoms with E-state index in [0.717, 1.165) is 6.61 Å². The molecular formula is C6H8O. The van der Waals surface area contributed by atoms with Gasteiger partial charge in [-0.1, -0.05) is 5.92 Å². The monoisotopic (exact) mass is 96.1 g/mol. The van der Waals surface area contributed by atoms with Crippen LogP contribution < -0.4 is 0 Å². The van der Waals surface area contributed by atoms with Crippen LogP contribution in [0.3, 0.4) is 0 Å². The first-order valence-electron chi connectivity index (χ1n) is 2.42. The largest absolute Gasteiger partial charge is 0.376 e. The smallest absolute Gasteiger partial charge is 0.0707 e. The van der Waals surface area contributed by atoms with E-state index >= 15 is 0 Å². The molecule has 7 heavy (non-hydrogen) atoms. The molecule has 0 bridgehead atoms. The molecule has 1 fully saturated rings. The summed E-state index contributed by atoms with van der Waals surface area (Å²) in [6, 6.07) is 0. The standard InChI is InChI=1S/C6H8O/c1-3-6-4-7-5(6)2/h1,5-6H,4H2,2H3. The zero-order chi connectivity index (χ0) is 5.28. The molecule has 0 saturated carbocycles. The van der Waals surface area contributed by atoms with Gasteiger partial charge in [0, 0.05) is 0 Å². The van der Waals surface area contributed by atoms with Gasteiger partial charge in [-0.15, -0.1) is 6.42 Å². The lowest BCUT2D eigenvalue weighted by Crippen LogP contribution is -2.35. The predicted octanol–water partition coefficient (Wildman–Crippen LogP) is 0.654. The number of terminal acetylenes is 1. The maximum absolute atomic E-state index is 5.09. The topological polar surface area (TPSA) is 9.23 Å². The van der Waals surface area contributed by atoms with Gasteiger partial charge in [0.2, 0.25) is 0 Å². The zero-order valence-electron chi connectivity index (χ0n) is 4.35. The van der Waals surface area contributed by atoms with E-state index in [-0.39, 0.29) is 0 Å². The molecule has 0 spiro atoms. The lowest BCUT2D eigenvalue weighted by molar-refractivity contribution is -0.0759. The Morgan fingerprint density at radius 2 is 2.57 bits per heavy atom. The van der Waals surface area contributed by atoms with Crippen molar-refractivity contribution in [2.24, 2.45) is 5.92 Å². The minimum absolute atomic E-state index is 0.310. The molecule has 1 heterocycles. The lowest BCUT2D eigenvalue weighted by atomic mass is 10.0. The third kappa shape index (κ3) is 0.618. The van der Waals surface area contributed by atoms with Crippen LogP contribution in [0.25, 0.3) is 0 Å². The van der Waals surface area contributed by atoms with Crippen LogP contribution in [0, 0.1) is 18.3 Å². The summed E-state index contributed by atoms with van der Waals surface area (Å²) in [5.74, 6) is 3.02. The van der Waals surface area contributed by atoms with Crippen LogP contribution in [0.2, 0.25) is 0 Å². The van der Waals surface area contributed by atoms with E-state index in [0.29, 0.717) is 12.0 Å². The Morgan fingerprint density at radius 1 is 1.86 bits per heavy atom. The van der Waals surface area contributed by atoms with Gasteiger partial charge in [0.25, 0.3) is 0 Å². The van der Waals surface area contributed by atoms with E-state index < -0.39 is 0 Å². The molecule has 2 unspecified atom stereocenters. The van der Waals surface area contributed by atoms with Crippen LogP contribution >= 0.6 is 0 Å². The molecule has 38 valence electrons. The first-order valence-corrected chi connectivity index (χ1v) is 2.42. The first kappa shape index (κ1) is 4.67. The lowest BCUT2D eigenvalue weighted by Gasteiger charge is -2.29. The second kappa shape index (κ2) is 1.55. The van der Waals surface area contributed by atoms with Crippen molar-refractivity contribution >= 4 is 0 Å². The van der Waals surface area contributed by atoms with Gasteiger partial charge < -0.3 is 4.74 Å². The Kier molecular flexibility index (Phi) is 1.04. The molecule has 0 aromatic rings. The van der Waals surface area contributed by atoms with E-state index in [1.165, 1.54) is 0 Å². The normalized spacial score (nSPS) is 38.9. The summed E-state index contributed by atoms with van der Waals surface area (Å²) >= 11 is 0. The maximum atomic E-state index is 5.09. The molecule has 0 N–H and O–H groups in total. The van der Waals surface area contributed by atoms with Crippen LogP contribution in [-0.2, 0) is 4.74 Å². The molecule has 0 aromatic heterocycles. The van der Waals surface area contributed by atoms with Gasteiger partial charge >= 0.3 is 0 Å². The highest BCUT2D eigenvalue weighted by Crippen LogP contribution is 2.17. The molecule has 0 aromatic carbocycles. The fourth-order valence-electron chi connectivity index (χ4n) is 0.569. The van der Waals surface area contributed by atoms with Crippen molar-refractivity contribution in [2.75, 3.05) is 6.61 Å². The molecule has 2 atom stereocenters. The molecule has 1 nitrogen and oxygen atoms in total. The van der Waals surface area contributed by atoms with E-state index in [2.05, 4.69) is 5.92 Å². The van der Waals surface area contributed by atoms with Crippen molar-refractivity contribution in [2.45, 2.75) is 13.0 Å². The minimum Gasteiger partial charge on any atom is -0.376 e. The summed E-state index contributed by atoms with van der Waals surface area (Å²) in [5.41, 5.74) is 0. The van der Waals surface area contributed by atoms with Gasteiger partial charge in [-0.2, -0.15) is 0 Å². The van der Waals surface area contributed by atoms with Crippen molar-refractivity contribution in [3.63, 3.8) is 0 Å². The molecular weight excluding hydrogens is 88.1 g/mol. The Balaban J connectivity index is 2.33. The van der Waals surface area contributed by atoms with Crippen molar-refractivity contribution in [1.82, 2.24) is 0 Å². The predicted molar refractivity (Wildman–Crippen MR) is 27.7 cm³/mol. The molecule has 1 aliphatic rings. The SMILES string of the molecule is C#CC1COC1C. The van der Waals surface area contributed by atoms with E-state index in [9.17, 15) is 0 Å². The maximum Gasteiger partial charge on any atom is 0.0707 e. The quantitative estimate of drug-likeness (QED) is 0.402. The summed E-state index contributed by atoms with van der Waals surface area (Å²) in [4.78, 5) is 0. The molecule has 1 rings (SSSR count). The van der Waals surface area contributed by atoms with Crippen LogP contribution in [0.15, 0.2) is 0 Å². The minimum atomic E-state index is 0.310. The van der Waals surface area contributed by atoms with E-state index in [4.69, 9.17) is 11.2 Å². The zero-order valence-corrected chi connectivity index (χ0v) is 4.35. The Morgan fingerprint density at radius 3 is 2.57 bits per heavy atom. The fourth-order valence-corrected chi connectivity index (χ4v) is 0.569. The average molecular weight is 96.1 g/mol. The highest BCUT2D eigenvalue weighted by atomic mass is 16.5. The highest BCUT2D eigenvalue weighted by Gasteiger charge is 2.24.